The SMILES string of the molecule is FC(F)(F)c1cnc(N[C@@H]2CCCN(c3nnc4n3CC[C@H](C(F)(F)F)C4)C2)nc1OC1COC1. The number of ether oxygens (including phenoxy) is 2. The third-order valence-corrected chi connectivity index (χ3v) is 6.38. The molecular weight excluding hydrogens is 484 g/mol. The van der Waals surface area contributed by atoms with E-state index >= 15 is 0 Å². The van der Waals surface area contributed by atoms with Crippen molar-refractivity contribution in [1.29, 1.82) is 0 Å². The highest BCUT2D eigenvalue weighted by atomic mass is 19.4. The van der Waals surface area contributed by atoms with Gasteiger partial charge in [0.25, 0.3) is 0 Å². The molecule has 2 aromatic rings. The maximum atomic E-state index is 13.4. The van der Waals surface area contributed by atoms with Crippen LogP contribution in [-0.4, -0.2) is 69.4 Å². The molecule has 2 aromatic heterocycles. The molecule has 2 fully saturated rings. The molecule has 3 aliphatic rings. The number of anilines is 2. The van der Waals surface area contributed by atoms with Crippen molar-refractivity contribution in [3.05, 3.63) is 17.6 Å². The molecule has 0 unspecified atom stereocenters. The third-order valence-electron chi connectivity index (χ3n) is 6.38. The van der Waals surface area contributed by atoms with Crippen LogP contribution in [0.3, 0.4) is 0 Å². The molecule has 9 nitrogen and oxygen atoms in total. The Bertz CT molecular complexity index is 1060. The maximum absolute atomic E-state index is 13.4. The molecule has 0 aliphatic carbocycles. The van der Waals surface area contributed by atoms with E-state index < -0.39 is 35.8 Å². The van der Waals surface area contributed by atoms with E-state index in [0.717, 1.165) is 6.42 Å². The summed E-state index contributed by atoms with van der Waals surface area (Å²) in [5.41, 5.74) is -1.06. The van der Waals surface area contributed by atoms with Gasteiger partial charge in [-0.2, -0.15) is 31.3 Å². The predicted molar refractivity (Wildman–Crippen MR) is 109 cm³/mol. The lowest BCUT2D eigenvalue weighted by Gasteiger charge is -2.35. The van der Waals surface area contributed by atoms with Crippen LogP contribution in [0.2, 0.25) is 0 Å². The lowest BCUT2D eigenvalue weighted by Crippen LogP contribution is -2.44. The second kappa shape index (κ2) is 8.99. The smallest absolute Gasteiger partial charge is 0.423 e. The summed E-state index contributed by atoms with van der Waals surface area (Å²) in [6, 6.07) is -0.222. The van der Waals surface area contributed by atoms with E-state index in [0.29, 0.717) is 37.5 Å². The maximum Gasteiger partial charge on any atom is 0.423 e. The number of aromatic nitrogens is 5. The minimum Gasteiger partial charge on any atom is -0.469 e. The first-order valence-corrected chi connectivity index (χ1v) is 11.3. The molecular formula is C20H23F6N7O2. The first kappa shape index (κ1) is 23.9. The van der Waals surface area contributed by atoms with Gasteiger partial charge in [0.1, 0.15) is 17.5 Å². The lowest BCUT2D eigenvalue weighted by molar-refractivity contribution is -0.179. The summed E-state index contributed by atoms with van der Waals surface area (Å²) in [5, 5.41) is 11.2. The Kier molecular flexibility index (Phi) is 6.13. The van der Waals surface area contributed by atoms with Crippen molar-refractivity contribution in [2.45, 2.75) is 56.7 Å². The van der Waals surface area contributed by atoms with Crippen LogP contribution in [0.25, 0.3) is 0 Å². The Balaban J connectivity index is 1.28. The summed E-state index contributed by atoms with van der Waals surface area (Å²) >= 11 is 0. The lowest BCUT2D eigenvalue weighted by atomic mass is 9.97. The quantitative estimate of drug-likeness (QED) is 0.618. The molecule has 2 saturated heterocycles. The van der Waals surface area contributed by atoms with E-state index in [4.69, 9.17) is 9.47 Å². The van der Waals surface area contributed by atoms with E-state index in [1.165, 1.54) is 0 Å². The molecule has 5 heterocycles. The molecule has 0 radical (unpaired) electrons. The molecule has 1 N–H and O–H groups in total. The zero-order valence-electron chi connectivity index (χ0n) is 18.4. The monoisotopic (exact) mass is 507 g/mol. The predicted octanol–water partition coefficient (Wildman–Crippen LogP) is 3.07. The topological polar surface area (TPSA) is 90.2 Å². The van der Waals surface area contributed by atoms with E-state index in [1.54, 1.807) is 4.57 Å². The molecule has 35 heavy (non-hydrogen) atoms. The van der Waals surface area contributed by atoms with E-state index in [1.807, 2.05) is 4.90 Å². The summed E-state index contributed by atoms with van der Waals surface area (Å²) in [5.74, 6) is -1.19. The van der Waals surface area contributed by atoms with Crippen molar-refractivity contribution in [2.24, 2.45) is 5.92 Å². The minimum absolute atomic E-state index is 0.00335. The Morgan fingerprint density at radius 1 is 1.06 bits per heavy atom. The van der Waals surface area contributed by atoms with Crippen LogP contribution in [0.4, 0.5) is 38.2 Å². The van der Waals surface area contributed by atoms with Gasteiger partial charge in [0.2, 0.25) is 17.8 Å². The van der Waals surface area contributed by atoms with Crippen molar-refractivity contribution in [3.63, 3.8) is 0 Å². The molecule has 192 valence electrons. The van der Waals surface area contributed by atoms with E-state index in [9.17, 15) is 26.3 Å². The highest BCUT2D eigenvalue weighted by Crippen LogP contribution is 2.37. The van der Waals surface area contributed by atoms with Crippen LogP contribution in [0, 0.1) is 5.92 Å². The Hall–Kier alpha value is -2.84. The van der Waals surface area contributed by atoms with Gasteiger partial charge >= 0.3 is 12.4 Å². The molecule has 0 amide bonds. The summed E-state index contributed by atoms with van der Waals surface area (Å²) in [4.78, 5) is 9.71. The Morgan fingerprint density at radius 2 is 1.86 bits per heavy atom. The van der Waals surface area contributed by atoms with Gasteiger partial charge in [0.05, 0.1) is 19.1 Å². The van der Waals surface area contributed by atoms with Crippen LogP contribution in [0.5, 0.6) is 5.88 Å². The second-order valence-electron chi connectivity index (χ2n) is 8.92. The van der Waals surface area contributed by atoms with Crippen LogP contribution < -0.4 is 15.0 Å². The largest absolute Gasteiger partial charge is 0.469 e. The van der Waals surface area contributed by atoms with Crippen molar-refractivity contribution >= 4 is 11.9 Å². The van der Waals surface area contributed by atoms with Crippen LogP contribution in [0.1, 0.15) is 30.7 Å². The van der Waals surface area contributed by atoms with Crippen molar-refractivity contribution in [2.75, 3.05) is 36.5 Å². The fraction of sp³-hybridized carbons (Fsp3) is 0.700. The number of fused-ring (bicyclic) bond motifs is 1. The average molecular weight is 507 g/mol. The summed E-state index contributed by atoms with van der Waals surface area (Å²) in [7, 11) is 0. The summed E-state index contributed by atoms with van der Waals surface area (Å²) < 4.78 is 91.4. The van der Waals surface area contributed by atoms with Crippen molar-refractivity contribution in [3.8, 4) is 5.88 Å². The second-order valence-corrected chi connectivity index (χ2v) is 8.92. The van der Waals surface area contributed by atoms with Crippen molar-refractivity contribution < 1.29 is 35.8 Å². The molecule has 0 saturated carbocycles. The van der Waals surface area contributed by atoms with Crippen LogP contribution in [0.15, 0.2) is 6.20 Å². The zero-order valence-corrected chi connectivity index (χ0v) is 18.4. The fourth-order valence-electron chi connectivity index (χ4n) is 4.45. The van der Waals surface area contributed by atoms with Gasteiger partial charge in [-0.25, -0.2) is 4.98 Å². The molecule has 0 spiro atoms. The highest BCUT2D eigenvalue weighted by molar-refractivity contribution is 5.39. The standard InChI is InChI=1S/C20H23F6N7O2/c21-19(22,23)11-3-5-33-15(6-11)30-31-18(33)32-4-1-2-12(8-32)28-17-27-7-14(20(24,25)26)16(29-17)35-13-9-34-10-13/h7,11-13H,1-6,8-10H2,(H,27,28,29)/t11-,12+/m0/s1. The van der Waals surface area contributed by atoms with Gasteiger partial charge in [-0.05, 0) is 19.3 Å². The first-order chi connectivity index (χ1) is 16.6. The van der Waals surface area contributed by atoms with Gasteiger partial charge in [-0.1, -0.05) is 0 Å². The molecule has 0 bridgehead atoms. The van der Waals surface area contributed by atoms with Gasteiger partial charge in [0, 0.05) is 38.3 Å². The Labute approximate surface area is 195 Å². The van der Waals surface area contributed by atoms with Gasteiger partial charge in [-0.15, -0.1) is 10.2 Å². The molecule has 15 heteroatoms. The van der Waals surface area contributed by atoms with Gasteiger partial charge in [-0.3, -0.25) is 4.57 Å². The van der Waals surface area contributed by atoms with Crippen LogP contribution >= 0.6 is 0 Å². The molecule has 5 rings (SSSR count). The highest BCUT2D eigenvalue weighted by Gasteiger charge is 2.43. The third kappa shape index (κ3) is 5.09. The van der Waals surface area contributed by atoms with E-state index in [2.05, 4.69) is 25.5 Å². The Morgan fingerprint density at radius 3 is 2.54 bits per heavy atom. The van der Waals surface area contributed by atoms with Gasteiger partial charge in [0.15, 0.2) is 0 Å². The average Bonchev–Trinajstić information content (AvgIpc) is 3.19. The van der Waals surface area contributed by atoms with Crippen molar-refractivity contribution in [1.82, 2.24) is 24.7 Å². The normalized spacial score (nSPS) is 23.5. The number of hydrogen-bond donors (Lipinski definition) is 1. The number of piperidine rings is 1. The number of alkyl halides is 6. The summed E-state index contributed by atoms with van der Waals surface area (Å²) in [6.07, 6.45) is -7.56. The van der Waals surface area contributed by atoms with Gasteiger partial charge < -0.3 is 19.7 Å². The number of rotatable bonds is 5. The van der Waals surface area contributed by atoms with E-state index in [-0.39, 0.29) is 44.6 Å². The van der Waals surface area contributed by atoms with Crippen LogP contribution in [-0.2, 0) is 23.9 Å². The number of halogens is 6. The molecule has 3 aliphatic heterocycles. The number of nitrogens with one attached hydrogen (secondary N) is 1. The molecule has 2 atom stereocenters. The zero-order chi connectivity index (χ0) is 24.8. The fourth-order valence-corrected chi connectivity index (χ4v) is 4.45. The number of hydrogen-bond acceptors (Lipinski definition) is 8. The molecule has 0 aromatic carbocycles. The minimum atomic E-state index is -4.67. The summed E-state index contributed by atoms with van der Waals surface area (Å²) in [6.45, 7) is 1.59. The first-order valence-electron chi connectivity index (χ1n) is 11.3. The number of nitrogens with zero attached hydrogens (tertiary/aromatic N) is 6.